The molecule has 0 saturated carbocycles. The minimum Gasteiger partial charge on any atom is -0.338 e. The molecule has 0 amide bonds. The maximum absolute atomic E-state index is 12.8. The van der Waals surface area contributed by atoms with Crippen LogP contribution in [0.4, 0.5) is 0 Å². The lowest BCUT2D eigenvalue weighted by atomic mass is 10.1. The fraction of sp³-hybridized carbons (Fsp3) is 0.389. The number of hydrogen-bond donors (Lipinski definition) is 1. The normalized spacial score (nSPS) is 12.5. The highest BCUT2D eigenvalue weighted by Crippen LogP contribution is 2.25. The molecule has 0 aliphatic rings. The van der Waals surface area contributed by atoms with Crippen LogP contribution in [0.2, 0.25) is 5.02 Å². The summed E-state index contributed by atoms with van der Waals surface area (Å²) in [6.07, 6.45) is 0. The van der Waals surface area contributed by atoms with Crippen LogP contribution in [0.3, 0.4) is 0 Å². The molecule has 1 aromatic carbocycles. The summed E-state index contributed by atoms with van der Waals surface area (Å²) in [5.41, 5.74) is 1.40. The second-order valence-corrected chi connectivity index (χ2v) is 9.57. The van der Waals surface area contributed by atoms with Crippen LogP contribution in [0.25, 0.3) is 11.4 Å². The van der Waals surface area contributed by atoms with Gasteiger partial charge in [0.2, 0.25) is 21.7 Å². The van der Waals surface area contributed by atoms with E-state index in [2.05, 4.69) is 20.0 Å². The van der Waals surface area contributed by atoms with Gasteiger partial charge in [0, 0.05) is 10.6 Å². The molecule has 0 radical (unpaired) electrons. The van der Waals surface area contributed by atoms with Crippen molar-refractivity contribution in [3.63, 3.8) is 0 Å². The summed E-state index contributed by atoms with van der Waals surface area (Å²) in [4.78, 5) is 4.39. The van der Waals surface area contributed by atoms with E-state index in [1.54, 1.807) is 42.8 Å². The van der Waals surface area contributed by atoms with Gasteiger partial charge < -0.3 is 4.52 Å². The molecule has 2 aromatic heterocycles. The van der Waals surface area contributed by atoms with Gasteiger partial charge in [-0.1, -0.05) is 16.8 Å². The van der Waals surface area contributed by atoms with Crippen molar-refractivity contribution < 1.29 is 12.9 Å². The number of hydrogen-bond acceptors (Lipinski definition) is 6. The molecule has 8 nitrogen and oxygen atoms in total. The summed E-state index contributed by atoms with van der Waals surface area (Å²) in [5, 5.41) is 8.87. The lowest BCUT2D eigenvalue weighted by Crippen LogP contribution is -2.26. The number of halogens is 1. The monoisotopic (exact) mass is 423 g/mol. The van der Waals surface area contributed by atoms with E-state index in [1.165, 1.54) is 0 Å². The predicted molar refractivity (Wildman–Crippen MR) is 105 cm³/mol. The fourth-order valence-corrected chi connectivity index (χ4v) is 4.43. The average Bonchev–Trinajstić information content (AvgIpc) is 3.18. The first-order valence-electron chi connectivity index (χ1n) is 8.64. The largest absolute Gasteiger partial charge is 0.338 e. The van der Waals surface area contributed by atoms with Gasteiger partial charge in [-0.3, -0.25) is 4.68 Å². The molecule has 150 valence electrons. The lowest BCUT2D eigenvalue weighted by molar-refractivity contribution is 0.345. The van der Waals surface area contributed by atoms with E-state index in [0.717, 1.165) is 5.56 Å². The number of aromatic nitrogens is 4. The van der Waals surface area contributed by atoms with Gasteiger partial charge in [-0.05, 0) is 58.9 Å². The Labute approximate surface area is 169 Å². The zero-order valence-electron chi connectivity index (χ0n) is 16.3. The zero-order valence-corrected chi connectivity index (χ0v) is 17.9. The van der Waals surface area contributed by atoms with E-state index in [0.29, 0.717) is 22.2 Å². The van der Waals surface area contributed by atoms with E-state index >= 15 is 0 Å². The molecule has 0 atom stereocenters. The number of nitrogens with zero attached hydrogens (tertiary/aromatic N) is 4. The highest BCUT2D eigenvalue weighted by Gasteiger charge is 2.28. The van der Waals surface area contributed by atoms with Crippen molar-refractivity contribution in [3.8, 4) is 11.4 Å². The standard InChI is InChI=1S/C18H22ClN5O3S/c1-11-16(12(2)24(22-11)18(3,4)5)28(25,26)20-10-15-21-17(23-27-15)13-6-8-14(19)9-7-13/h6-9,20H,10H2,1-5H3. The van der Waals surface area contributed by atoms with Crippen molar-refractivity contribution in [2.75, 3.05) is 0 Å². The van der Waals surface area contributed by atoms with Crippen molar-refractivity contribution in [1.82, 2.24) is 24.6 Å². The van der Waals surface area contributed by atoms with Crippen molar-refractivity contribution in [2.24, 2.45) is 0 Å². The molecule has 0 unspecified atom stereocenters. The van der Waals surface area contributed by atoms with Gasteiger partial charge in [0.1, 0.15) is 4.90 Å². The summed E-state index contributed by atoms with van der Waals surface area (Å²) in [6.45, 7) is 9.19. The predicted octanol–water partition coefficient (Wildman–Crippen LogP) is 3.44. The molecule has 28 heavy (non-hydrogen) atoms. The highest BCUT2D eigenvalue weighted by molar-refractivity contribution is 7.89. The van der Waals surface area contributed by atoms with Gasteiger partial charge in [0.15, 0.2) is 0 Å². The third kappa shape index (κ3) is 4.11. The van der Waals surface area contributed by atoms with Crippen LogP contribution in [0.15, 0.2) is 33.7 Å². The lowest BCUT2D eigenvalue weighted by Gasteiger charge is -2.21. The molecule has 1 N–H and O–H groups in total. The molecule has 3 aromatic rings. The average molecular weight is 424 g/mol. The number of nitrogens with one attached hydrogen (secondary N) is 1. The Morgan fingerprint density at radius 3 is 2.39 bits per heavy atom. The van der Waals surface area contributed by atoms with Gasteiger partial charge in [0.05, 0.1) is 23.5 Å². The van der Waals surface area contributed by atoms with E-state index in [4.69, 9.17) is 16.1 Å². The molecule has 0 aliphatic heterocycles. The molecule has 0 fully saturated rings. The number of rotatable bonds is 5. The summed E-state index contributed by atoms with van der Waals surface area (Å²) in [6, 6.07) is 6.95. The molecule has 3 rings (SSSR count). The Balaban J connectivity index is 1.80. The quantitative estimate of drug-likeness (QED) is 0.674. The number of benzene rings is 1. The van der Waals surface area contributed by atoms with Crippen LogP contribution in [0, 0.1) is 13.8 Å². The Morgan fingerprint density at radius 1 is 1.18 bits per heavy atom. The molecule has 0 saturated heterocycles. The van der Waals surface area contributed by atoms with Crippen LogP contribution < -0.4 is 4.72 Å². The first-order valence-corrected chi connectivity index (χ1v) is 10.5. The van der Waals surface area contributed by atoms with Gasteiger partial charge >= 0.3 is 0 Å². The molecule has 2 heterocycles. The third-order valence-electron chi connectivity index (χ3n) is 4.11. The summed E-state index contributed by atoms with van der Waals surface area (Å²) >= 11 is 5.87. The van der Waals surface area contributed by atoms with Crippen LogP contribution in [-0.4, -0.2) is 28.3 Å². The Hall–Kier alpha value is -2.23. The second kappa shape index (κ2) is 7.31. The number of aryl methyl sites for hydroxylation is 1. The molecular weight excluding hydrogens is 402 g/mol. The van der Waals surface area contributed by atoms with Gasteiger partial charge in [-0.15, -0.1) is 0 Å². The summed E-state index contributed by atoms with van der Waals surface area (Å²) in [5.74, 6) is 0.519. The van der Waals surface area contributed by atoms with E-state index in [-0.39, 0.29) is 22.9 Å². The van der Waals surface area contributed by atoms with Crippen LogP contribution in [0.5, 0.6) is 0 Å². The first-order chi connectivity index (χ1) is 13.0. The van der Waals surface area contributed by atoms with Gasteiger partial charge in [-0.25, -0.2) is 13.1 Å². The maximum atomic E-state index is 12.8. The Bertz CT molecular complexity index is 1100. The van der Waals surface area contributed by atoms with Crippen molar-refractivity contribution in [1.29, 1.82) is 0 Å². The highest BCUT2D eigenvalue weighted by atomic mass is 35.5. The fourth-order valence-electron chi connectivity index (χ4n) is 2.94. The molecule has 0 bridgehead atoms. The van der Waals surface area contributed by atoms with Crippen molar-refractivity contribution in [2.45, 2.75) is 51.6 Å². The Morgan fingerprint density at radius 2 is 1.82 bits per heavy atom. The smallest absolute Gasteiger partial charge is 0.244 e. The SMILES string of the molecule is Cc1nn(C(C)(C)C)c(C)c1S(=O)(=O)NCc1nc(-c2ccc(Cl)cc2)no1. The summed E-state index contributed by atoms with van der Waals surface area (Å²) < 4.78 is 35.0. The van der Waals surface area contributed by atoms with E-state index in [9.17, 15) is 8.42 Å². The molecular formula is C18H22ClN5O3S. The van der Waals surface area contributed by atoms with Crippen LogP contribution in [0.1, 0.15) is 38.0 Å². The zero-order chi connectivity index (χ0) is 20.7. The molecule has 10 heteroatoms. The molecule has 0 spiro atoms. The Kier molecular flexibility index (Phi) is 5.35. The van der Waals surface area contributed by atoms with E-state index < -0.39 is 10.0 Å². The van der Waals surface area contributed by atoms with Crippen molar-refractivity contribution in [3.05, 3.63) is 46.6 Å². The first kappa shape index (κ1) is 20.5. The van der Waals surface area contributed by atoms with Gasteiger partial charge in [-0.2, -0.15) is 10.1 Å². The minimum absolute atomic E-state index is 0.123. The topological polar surface area (TPSA) is 103 Å². The minimum atomic E-state index is -3.80. The van der Waals surface area contributed by atoms with E-state index in [1.807, 2.05) is 20.8 Å². The third-order valence-corrected chi connectivity index (χ3v) is 6.02. The number of sulfonamides is 1. The van der Waals surface area contributed by atoms with Crippen LogP contribution >= 0.6 is 11.6 Å². The second-order valence-electron chi connectivity index (χ2n) is 7.43. The molecule has 0 aliphatic carbocycles. The van der Waals surface area contributed by atoms with Gasteiger partial charge in [0.25, 0.3) is 0 Å². The van der Waals surface area contributed by atoms with Crippen molar-refractivity contribution >= 4 is 21.6 Å². The van der Waals surface area contributed by atoms with Crippen LogP contribution in [-0.2, 0) is 22.1 Å². The maximum Gasteiger partial charge on any atom is 0.244 e. The summed E-state index contributed by atoms with van der Waals surface area (Å²) in [7, 11) is -3.80.